The van der Waals surface area contributed by atoms with E-state index in [1.54, 1.807) is 0 Å². The summed E-state index contributed by atoms with van der Waals surface area (Å²) >= 11 is 0. The standard InChI is InChI=1S/C13H20N2O4S2/c1-11-4-3-9-15(10-11)21(18,19)13-7-5-12(6-8-13)14-20(2,16)17/h5-8,11,14H,3-4,9-10H2,1-2H3/t11-/m0/s1. The number of nitrogens with one attached hydrogen (secondary N) is 1. The van der Waals surface area contributed by atoms with E-state index in [1.165, 1.54) is 28.6 Å². The number of hydrogen-bond acceptors (Lipinski definition) is 4. The van der Waals surface area contributed by atoms with Crippen molar-refractivity contribution in [1.82, 2.24) is 4.31 Å². The van der Waals surface area contributed by atoms with Gasteiger partial charge < -0.3 is 0 Å². The predicted molar refractivity (Wildman–Crippen MR) is 82.1 cm³/mol. The predicted octanol–water partition coefficient (Wildman–Crippen LogP) is 1.48. The lowest BCUT2D eigenvalue weighted by molar-refractivity contribution is 0.281. The summed E-state index contributed by atoms with van der Waals surface area (Å²) in [5.41, 5.74) is 0.350. The van der Waals surface area contributed by atoms with E-state index in [-0.39, 0.29) is 4.90 Å². The van der Waals surface area contributed by atoms with Crippen LogP contribution < -0.4 is 4.72 Å². The largest absolute Gasteiger partial charge is 0.284 e. The van der Waals surface area contributed by atoms with Crippen molar-refractivity contribution in [3.8, 4) is 0 Å². The Kier molecular flexibility index (Phi) is 4.60. The Morgan fingerprint density at radius 2 is 1.76 bits per heavy atom. The van der Waals surface area contributed by atoms with Crippen LogP contribution in [0.1, 0.15) is 19.8 Å². The fourth-order valence-corrected chi connectivity index (χ4v) is 4.59. The normalized spacial score (nSPS) is 21.1. The van der Waals surface area contributed by atoms with Crippen molar-refractivity contribution in [2.45, 2.75) is 24.7 Å². The second-order valence-electron chi connectivity index (χ2n) is 5.51. The molecule has 0 saturated carbocycles. The maximum Gasteiger partial charge on any atom is 0.243 e. The minimum absolute atomic E-state index is 0.190. The zero-order valence-corrected chi connectivity index (χ0v) is 13.7. The van der Waals surface area contributed by atoms with Gasteiger partial charge >= 0.3 is 0 Å². The fraction of sp³-hybridized carbons (Fsp3) is 0.538. The highest BCUT2D eigenvalue weighted by molar-refractivity contribution is 7.92. The van der Waals surface area contributed by atoms with Crippen molar-refractivity contribution >= 4 is 25.7 Å². The monoisotopic (exact) mass is 332 g/mol. The van der Waals surface area contributed by atoms with Crippen LogP contribution in [0.3, 0.4) is 0 Å². The summed E-state index contributed by atoms with van der Waals surface area (Å²) in [5.74, 6) is 0.361. The van der Waals surface area contributed by atoms with E-state index in [9.17, 15) is 16.8 Å². The molecular weight excluding hydrogens is 312 g/mol. The smallest absolute Gasteiger partial charge is 0.243 e. The van der Waals surface area contributed by atoms with Crippen molar-refractivity contribution in [2.24, 2.45) is 5.92 Å². The highest BCUT2D eigenvalue weighted by Gasteiger charge is 2.28. The molecule has 0 amide bonds. The topological polar surface area (TPSA) is 83.6 Å². The molecule has 1 aromatic carbocycles. The van der Waals surface area contributed by atoms with Gasteiger partial charge in [-0.15, -0.1) is 0 Å². The van der Waals surface area contributed by atoms with Gasteiger partial charge in [-0.1, -0.05) is 6.92 Å². The van der Waals surface area contributed by atoms with Crippen LogP contribution in [-0.4, -0.2) is 40.5 Å². The molecule has 1 fully saturated rings. The van der Waals surface area contributed by atoms with E-state index in [0.29, 0.717) is 24.7 Å². The minimum atomic E-state index is -3.50. The Morgan fingerprint density at radius 1 is 1.14 bits per heavy atom. The Balaban J connectivity index is 2.21. The average Bonchev–Trinajstić information content (AvgIpc) is 2.37. The van der Waals surface area contributed by atoms with Crippen LogP contribution in [0.2, 0.25) is 0 Å². The highest BCUT2D eigenvalue weighted by Crippen LogP contribution is 2.24. The van der Waals surface area contributed by atoms with Gasteiger partial charge in [-0.25, -0.2) is 16.8 Å². The summed E-state index contributed by atoms with van der Waals surface area (Å²) in [5, 5.41) is 0. The van der Waals surface area contributed by atoms with Gasteiger partial charge in [0.1, 0.15) is 0 Å². The first-order valence-corrected chi connectivity index (χ1v) is 10.1. The number of nitrogens with zero attached hydrogens (tertiary/aromatic N) is 1. The Labute approximate surface area is 126 Å². The molecule has 2 rings (SSSR count). The van der Waals surface area contributed by atoms with Crippen molar-refractivity contribution < 1.29 is 16.8 Å². The molecule has 0 bridgehead atoms. The van der Waals surface area contributed by atoms with E-state index >= 15 is 0 Å². The van der Waals surface area contributed by atoms with Gasteiger partial charge in [-0.3, -0.25) is 4.72 Å². The van der Waals surface area contributed by atoms with Crippen LogP contribution in [0, 0.1) is 5.92 Å². The minimum Gasteiger partial charge on any atom is -0.284 e. The van der Waals surface area contributed by atoms with Gasteiger partial charge in [0.15, 0.2) is 0 Å². The molecular formula is C13H20N2O4S2. The third-order valence-electron chi connectivity index (χ3n) is 3.42. The summed E-state index contributed by atoms with van der Waals surface area (Å²) < 4.78 is 51.1. The molecule has 1 aromatic rings. The zero-order chi connectivity index (χ0) is 15.7. The van der Waals surface area contributed by atoms with Gasteiger partial charge in [0.25, 0.3) is 0 Å². The van der Waals surface area contributed by atoms with Crippen LogP contribution in [0.15, 0.2) is 29.2 Å². The fourth-order valence-electron chi connectivity index (χ4n) is 2.42. The third-order valence-corrected chi connectivity index (χ3v) is 5.90. The van der Waals surface area contributed by atoms with E-state index in [0.717, 1.165) is 19.1 Å². The second kappa shape index (κ2) is 5.94. The maximum atomic E-state index is 12.5. The summed E-state index contributed by atoms with van der Waals surface area (Å²) in [6.45, 7) is 3.11. The number of anilines is 1. The van der Waals surface area contributed by atoms with Crippen LogP contribution in [0.5, 0.6) is 0 Å². The van der Waals surface area contributed by atoms with E-state index in [2.05, 4.69) is 4.72 Å². The molecule has 0 spiro atoms. The molecule has 1 saturated heterocycles. The quantitative estimate of drug-likeness (QED) is 0.905. The first-order valence-electron chi connectivity index (χ1n) is 6.76. The molecule has 1 aliphatic rings. The molecule has 8 heteroatoms. The SMILES string of the molecule is C[C@H]1CCCN(S(=O)(=O)c2ccc(NS(C)(=O)=O)cc2)C1. The first kappa shape index (κ1) is 16.3. The van der Waals surface area contributed by atoms with E-state index < -0.39 is 20.0 Å². The lowest BCUT2D eigenvalue weighted by Gasteiger charge is -2.30. The molecule has 6 nitrogen and oxygen atoms in total. The third kappa shape index (κ3) is 4.18. The van der Waals surface area contributed by atoms with Crippen LogP contribution in [0.4, 0.5) is 5.69 Å². The zero-order valence-electron chi connectivity index (χ0n) is 12.1. The Bertz CT molecular complexity index is 696. The van der Waals surface area contributed by atoms with Gasteiger partial charge in [0, 0.05) is 18.8 Å². The lowest BCUT2D eigenvalue weighted by Crippen LogP contribution is -2.39. The van der Waals surface area contributed by atoms with Gasteiger partial charge in [0.2, 0.25) is 20.0 Å². The number of hydrogen-bond donors (Lipinski definition) is 1. The Morgan fingerprint density at radius 3 is 2.29 bits per heavy atom. The molecule has 0 aromatic heterocycles. The number of rotatable bonds is 4. The summed E-state index contributed by atoms with van der Waals surface area (Å²) in [7, 11) is -6.86. The van der Waals surface area contributed by atoms with Crippen LogP contribution >= 0.6 is 0 Å². The van der Waals surface area contributed by atoms with Crippen molar-refractivity contribution in [2.75, 3.05) is 24.1 Å². The van der Waals surface area contributed by atoms with Crippen molar-refractivity contribution in [3.63, 3.8) is 0 Å². The molecule has 1 aliphatic heterocycles. The summed E-state index contributed by atoms with van der Waals surface area (Å²) in [4.78, 5) is 0.190. The molecule has 1 N–H and O–H groups in total. The van der Waals surface area contributed by atoms with Gasteiger partial charge in [-0.05, 0) is 43.0 Å². The Hall–Kier alpha value is -1.12. The number of piperidine rings is 1. The maximum absolute atomic E-state index is 12.5. The van der Waals surface area contributed by atoms with Crippen LogP contribution in [-0.2, 0) is 20.0 Å². The molecule has 1 heterocycles. The van der Waals surface area contributed by atoms with Gasteiger partial charge in [0.05, 0.1) is 11.2 Å². The molecule has 0 aliphatic carbocycles. The molecule has 0 unspecified atom stereocenters. The highest BCUT2D eigenvalue weighted by atomic mass is 32.2. The summed E-state index contributed by atoms with van der Waals surface area (Å²) in [6, 6.07) is 5.78. The average molecular weight is 332 g/mol. The number of benzene rings is 1. The molecule has 118 valence electrons. The molecule has 21 heavy (non-hydrogen) atoms. The second-order valence-corrected chi connectivity index (χ2v) is 9.20. The number of sulfonamides is 2. The molecule has 1 atom stereocenters. The van der Waals surface area contributed by atoms with Crippen molar-refractivity contribution in [3.05, 3.63) is 24.3 Å². The lowest BCUT2D eigenvalue weighted by atomic mass is 10.0. The van der Waals surface area contributed by atoms with E-state index in [4.69, 9.17) is 0 Å². The van der Waals surface area contributed by atoms with Gasteiger partial charge in [-0.2, -0.15) is 4.31 Å². The van der Waals surface area contributed by atoms with Crippen molar-refractivity contribution in [1.29, 1.82) is 0 Å². The van der Waals surface area contributed by atoms with E-state index in [1.807, 2.05) is 6.92 Å². The van der Waals surface area contributed by atoms with Crippen LogP contribution in [0.25, 0.3) is 0 Å². The summed E-state index contributed by atoms with van der Waals surface area (Å²) in [6.07, 6.45) is 2.96. The first-order chi connectivity index (χ1) is 9.68. The molecule has 0 radical (unpaired) electrons.